The zero-order valence-electron chi connectivity index (χ0n) is 11.8. The van der Waals surface area contributed by atoms with E-state index in [2.05, 4.69) is 0 Å². The van der Waals surface area contributed by atoms with Gasteiger partial charge in [0.05, 0.1) is 7.11 Å². The first-order valence-corrected chi connectivity index (χ1v) is 6.57. The summed E-state index contributed by atoms with van der Waals surface area (Å²) < 4.78 is 10.3. The number of esters is 1. The van der Waals surface area contributed by atoms with Crippen LogP contribution in [0, 0.1) is 6.92 Å². The van der Waals surface area contributed by atoms with E-state index < -0.39 is 0 Å². The molecule has 0 radical (unpaired) electrons. The normalized spacial score (nSPS) is 10.1. The standard InChI is InChI=1S/C17H18O3/c1-13-3-5-14(6-4-13)7-12-17(18)20-16-10-8-15(19-2)9-11-16/h3-6,8-11H,7,12H2,1-2H3. The third-order valence-electron chi connectivity index (χ3n) is 3.03. The van der Waals surface area contributed by atoms with E-state index in [1.165, 1.54) is 5.56 Å². The van der Waals surface area contributed by atoms with Gasteiger partial charge in [-0.1, -0.05) is 29.8 Å². The van der Waals surface area contributed by atoms with Gasteiger partial charge in [-0.15, -0.1) is 0 Å². The van der Waals surface area contributed by atoms with Gasteiger partial charge in [-0.25, -0.2) is 0 Å². The van der Waals surface area contributed by atoms with E-state index in [-0.39, 0.29) is 5.97 Å². The molecule has 104 valence electrons. The number of benzene rings is 2. The van der Waals surface area contributed by atoms with Crippen molar-refractivity contribution in [2.24, 2.45) is 0 Å². The van der Waals surface area contributed by atoms with Gasteiger partial charge in [-0.3, -0.25) is 4.79 Å². The van der Waals surface area contributed by atoms with Crippen LogP contribution in [0.1, 0.15) is 17.5 Å². The van der Waals surface area contributed by atoms with Gasteiger partial charge in [0.15, 0.2) is 0 Å². The Hall–Kier alpha value is -2.29. The topological polar surface area (TPSA) is 35.5 Å². The molecule has 0 aliphatic carbocycles. The number of carbonyl (C=O) groups excluding carboxylic acids is 1. The molecule has 0 heterocycles. The van der Waals surface area contributed by atoms with Gasteiger partial charge in [0, 0.05) is 6.42 Å². The van der Waals surface area contributed by atoms with Gasteiger partial charge < -0.3 is 9.47 Å². The minimum Gasteiger partial charge on any atom is -0.497 e. The lowest BCUT2D eigenvalue weighted by Gasteiger charge is -2.05. The second-order valence-electron chi connectivity index (χ2n) is 4.64. The minimum atomic E-state index is -0.226. The van der Waals surface area contributed by atoms with Crippen LogP contribution in [0.2, 0.25) is 0 Å². The van der Waals surface area contributed by atoms with Crippen molar-refractivity contribution in [2.45, 2.75) is 19.8 Å². The average molecular weight is 270 g/mol. The maximum absolute atomic E-state index is 11.8. The van der Waals surface area contributed by atoms with Gasteiger partial charge in [0.2, 0.25) is 0 Å². The number of rotatable bonds is 5. The summed E-state index contributed by atoms with van der Waals surface area (Å²) in [7, 11) is 1.60. The predicted molar refractivity (Wildman–Crippen MR) is 78.1 cm³/mol. The Morgan fingerprint density at radius 1 is 0.950 bits per heavy atom. The molecule has 0 atom stereocenters. The fourth-order valence-electron chi connectivity index (χ4n) is 1.83. The second-order valence-corrected chi connectivity index (χ2v) is 4.64. The van der Waals surface area contributed by atoms with Crippen LogP contribution in [0.3, 0.4) is 0 Å². The molecular formula is C17H18O3. The smallest absolute Gasteiger partial charge is 0.311 e. The highest BCUT2D eigenvalue weighted by atomic mass is 16.5. The monoisotopic (exact) mass is 270 g/mol. The van der Waals surface area contributed by atoms with Gasteiger partial charge >= 0.3 is 5.97 Å². The van der Waals surface area contributed by atoms with Crippen molar-refractivity contribution in [1.29, 1.82) is 0 Å². The summed E-state index contributed by atoms with van der Waals surface area (Å²) >= 11 is 0. The molecule has 0 spiro atoms. The SMILES string of the molecule is COc1ccc(OC(=O)CCc2ccc(C)cc2)cc1. The van der Waals surface area contributed by atoms with Gasteiger partial charge in [-0.05, 0) is 43.2 Å². The fraction of sp³-hybridized carbons (Fsp3) is 0.235. The molecule has 3 nitrogen and oxygen atoms in total. The molecule has 0 aromatic heterocycles. The zero-order chi connectivity index (χ0) is 14.4. The summed E-state index contributed by atoms with van der Waals surface area (Å²) in [5.41, 5.74) is 2.36. The number of carbonyl (C=O) groups is 1. The highest BCUT2D eigenvalue weighted by Crippen LogP contribution is 2.17. The third-order valence-corrected chi connectivity index (χ3v) is 3.03. The van der Waals surface area contributed by atoms with Crippen LogP contribution in [-0.4, -0.2) is 13.1 Å². The van der Waals surface area contributed by atoms with Crippen LogP contribution in [0.4, 0.5) is 0 Å². The molecule has 0 unspecified atom stereocenters. The number of hydrogen-bond donors (Lipinski definition) is 0. The van der Waals surface area contributed by atoms with Crippen molar-refractivity contribution in [2.75, 3.05) is 7.11 Å². The van der Waals surface area contributed by atoms with Crippen LogP contribution in [0.5, 0.6) is 11.5 Å². The van der Waals surface area contributed by atoms with E-state index in [1.807, 2.05) is 31.2 Å². The molecule has 0 saturated heterocycles. The Kier molecular flexibility index (Phi) is 4.77. The molecule has 3 heteroatoms. The maximum atomic E-state index is 11.8. The average Bonchev–Trinajstić information content (AvgIpc) is 2.47. The number of hydrogen-bond acceptors (Lipinski definition) is 3. The quantitative estimate of drug-likeness (QED) is 0.615. The van der Waals surface area contributed by atoms with Crippen LogP contribution in [-0.2, 0) is 11.2 Å². The molecule has 0 aliphatic heterocycles. The Morgan fingerprint density at radius 3 is 2.15 bits per heavy atom. The van der Waals surface area contributed by atoms with E-state index in [0.717, 1.165) is 11.3 Å². The van der Waals surface area contributed by atoms with Gasteiger partial charge in [-0.2, -0.15) is 0 Å². The first-order valence-electron chi connectivity index (χ1n) is 6.57. The van der Waals surface area contributed by atoms with Gasteiger partial charge in [0.25, 0.3) is 0 Å². The predicted octanol–water partition coefficient (Wildman–Crippen LogP) is 3.54. The van der Waals surface area contributed by atoms with Crippen molar-refractivity contribution >= 4 is 5.97 Å². The van der Waals surface area contributed by atoms with Crippen LogP contribution < -0.4 is 9.47 Å². The molecule has 0 bridgehead atoms. The molecule has 20 heavy (non-hydrogen) atoms. The Morgan fingerprint density at radius 2 is 1.55 bits per heavy atom. The van der Waals surface area contributed by atoms with Crippen LogP contribution in [0.15, 0.2) is 48.5 Å². The Labute approximate surface area is 119 Å². The maximum Gasteiger partial charge on any atom is 0.311 e. The number of methoxy groups -OCH3 is 1. The molecule has 2 aromatic carbocycles. The van der Waals surface area contributed by atoms with Crippen LogP contribution >= 0.6 is 0 Å². The molecule has 0 fully saturated rings. The Bertz CT molecular complexity index is 556. The molecule has 0 N–H and O–H groups in total. The Balaban J connectivity index is 1.84. The summed E-state index contributed by atoms with van der Waals surface area (Å²) in [6.07, 6.45) is 1.06. The largest absolute Gasteiger partial charge is 0.497 e. The summed E-state index contributed by atoms with van der Waals surface area (Å²) in [4.78, 5) is 11.8. The first kappa shape index (κ1) is 14.1. The summed E-state index contributed by atoms with van der Waals surface area (Å²) in [6.45, 7) is 2.04. The molecule has 0 saturated carbocycles. The molecular weight excluding hydrogens is 252 g/mol. The number of aryl methyl sites for hydroxylation is 2. The summed E-state index contributed by atoms with van der Waals surface area (Å²) in [6, 6.07) is 15.1. The second kappa shape index (κ2) is 6.75. The molecule has 2 rings (SSSR count). The molecule has 0 amide bonds. The highest BCUT2D eigenvalue weighted by Gasteiger charge is 2.05. The fourth-order valence-corrected chi connectivity index (χ4v) is 1.83. The van der Waals surface area contributed by atoms with Crippen molar-refractivity contribution in [1.82, 2.24) is 0 Å². The summed E-state index contributed by atoms with van der Waals surface area (Å²) in [5, 5.41) is 0. The van der Waals surface area contributed by atoms with Gasteiger partial charge in [0.1, 0.15) is 11.5 Å². The van der Waals surface area contributed by atoms with Crippen molar-refractivity contribution in [3.63, 3.8) is 0 Å². The van der Waals surface area contributed by atoms with E-state index in [4.69, 9.17) is 9.47 Å². The van der Waals surface area contributed by atoms with E-state index >= 15 is 0 Å². The lowest BCUT2D eigenvalue weighted by atomic mass is 10.1. The van der Waals surface area contributed by atoms with Crippen LogP contribution in [0.25, 0.3) is 0 Å². The van der Waals surface area contributed by atoms with Crippen molar-refractivity contribution in [3.8, 4) is 11.5 Å². The zero-order valence-corrected chi connectivity index (χ0v) is 11.8. The third kappa shape index (κ3) is 4.12. The number of ether oxygens (including phenoxy) is 2. The van der Waals surface area contributed by atoms with E-state index in [1.54, 1.807) is 31.4 Å². The summed E-state index contributed by atoms with van der Waals surface area (Å²) in [5.74, 6) is 1.06. The lowest BCUT2D eigenvalue weighted by molar-refractivity contribution is -0.134. The van der Waals surface area contributed by atoms with Crippen molar-refractivity contribution in [3.05, 3.63) is 59.7 Å². The molecule has 0 aliphatic rings. The van der Waals surface area contributed by atoms with E-state index in [0.29, 0.717) is 18.6 Å². The minimum absolute atomic E-state index is 0.226. The highest BCUT2D eigenvalue weighted by molar-refractivity contribution is 5.72. The van der Waals surface area contributed by atoms with E-state index in [9.17, 15) is 4.79 Å². The van der Waals surface area contributed by atoms with Crippen molar-refractivity contribution < 1.29 is 14.3 Å². The lowest BCUT2D eigenvalue weighted by Crippen LogP contribution is -2.08. The molecule has 2 aromatic rings. The first-order chi connectivity index (χ1) is 9.67.